The highest BCUT2D eigenvalue weighted by Crippen LogP contribution is 2.25. The van der Waals surface area contributed by atoms with E-state index >= 15 is 0 Å². The third-order valence-corrected chi connectivity index (χ3v) is 3.23. The van der Waals surface area contributed by atoms with Crippen LogP contribution in [0.2, 0.25) is 0 Å². The minimum Gasteiger partial charge on any atom is -0.338 e. The summed E-state index contributed by atoms with van der Waals surface area (Å²) in [5, 5.41) is 10.7. The van der Waals surface area contributed by atoms with E-state index in [1.165, 1.54) is 12.1 Å². The molecule has 0 saturated heterocycles. The first kappa shape index (κ1) is 13.5. The van der Waals surface area contributed by atoms with Crippen molar-refractivity contribution in [2.45, 2.75) is 0 Å². The lowest BCUT2D eigenvalue weighted by molar-refractivity contribution is -0.384. The van der Waals surface area contributed by atoms with Crippen molar-refractivity contribution in [1.29, 1.82) is 0 Å². The normalized spacial score (nSPS) is 10.1. The molecule has 6 nitrogen and oxygen atoms in total. The number of nitro groups is 1. The Balaban J connectivity index is 1.89. The number of nitro benzene ring substituents is 1. The van der Waals surface area contributed by atoms with Crippen LogP contribution in [0.1, 0.15) is 0 Å². The number of aromatic amines is 1. The molecule has 0 aliphatic rings. The van der Waals surface area contributed by atoms with Crippen LogP contribution in [0.4, 0.5) is 11.4 Å². The standard InChI is InChI=1S/C16H10N4O2/c1-17-13-6-2-11(3-7-13)15-10-18-16(19-15)12-4-8-14(9-5-12)20(21)22/h2-10H,(H,18,19). The Morgan fingerprint density at radius 2 is 1.68 bits per heavy atom. The molecule has 0 bridgehead atoms. The predicted molar refractivity (Wildman–Crippen MR) is 82.4 cm³/mol. The Hall–Kier alpha value is -3.46. The molecule has 22 heavy (non-hydrogen) atoms. The minimum absolute atomic E-state index is 0.0465. The molecule has 0 aliphatic heterocycles. The maximum atomic E-state index is 10.7. The molecule has 0 amide bonds. The van der Waals surface area contributed by atoms with Crippen LogP contribution in [0.15, 0.2) is 54.7 Å². The Morgan fingerprint density at radius 3 is 2.27 bits per heavy atom. The van der Waals surface area contributed by atoms with Gasteiger partial charge in [0.1, 0.15) is 5.82 Å². The van der Waals surface area contributed by atoms with E-state index < -0.39 is 4.92 Å². The summed E-state index contributed by atoms with van der Waals surface area (Å²) in [6, 6.07) is 13.4. The van der Waals surface area contributed by atoms with E-state index in [0.29, 0.717) is 11.5 Å². The quantitative estimate of drug-likeness (QED) is 0.446. The molecule has 1 N–H and O–H groups in total. The molecular formula is C16H10N4O2. The number of hydrogen-bond acceptors (Lipinski definition) is 3. The van der Waals surface area contributed by atoms with Gasteiger partial charge < -0.3 is 4.98 Å². The zero-order chi connectivity index (χ0) is 15.5. The van der Waals surface area contributed by atoms with Gasteiger partial charge in [-0.15, -0.1) is 0 Å². The SMILES string of the molecule is [C-]#[N+]c1ccc(-c2cnc(-c3ccc([N+](=O)[O-])cc3)[nH]2)cc1. The fourth-order valence-corrected chi connectivity index (χ4v) is 2.07. The van der Waals surface area contributed by atoms with E-state index in [0.717, 1.165) is 16.8 Å². The molecule has 6 heteroatoms. The highest BCUT2D eigenvalue weighted by molar-refractivity contribution is 5.66. The second kappa shape index (κ2) is 5.50. The first-order valence-corrected chi connectivity index (χ1v) is 6.45. The Morgan fingerprint density at radius 1 is 1.05 bits per heavy atom. The van der Waals surface area contributed by atoms with Crippen LogP contribution in [0, 0.1) is 16.7 Å². The smallest absolute Gasteiger partial charge is 0.269 e. The second-order valence-corrected chi connectivity index (χ2v) is 4.61. The van der Waals surface area contributed by atoms with Crippen molar-refractivity contribution in [3.63, 3.8) is 0 Å². The highest BCUT2D eigenvalue weighted by Gasteiger charge is 2.08. The lowest BCUT2D eigenvalue weighted by Crippen LogP contribution is -1.87. The lowest BCUT2D eigenvalue weighted by atomic mass is 10.1. The van der Waals surface area contributed by atoms with Crippen molar-refractivity contribution in [3.8, 4) is 22.6 Å². The third-order valence-electron chi connectivity index (χ3n) is 3.23. The molecule has 0 atom stereocenters. The summed E-state index contributed by atoms with van der Waals surface area (Å²) >= 11 is 0. The van der Waals surface area contributed by atoms with Crippen LogP contribution in [0.3, 0.4) is 0 Å². The summed E-state index contributed by atoms with van der Waals surface area (Å²) in [6.07, 6.45) is 1.70. The molecule has 0 radical (unpaired) electrons. The summed E-state index contributed by atoms with van der Waals surface area (Å²) in [6.45, 7) is 6.94. The van der Waals surface area contributed by atoms with Gasteiger partial charge >= 0.3 is 0 Å². The summed E-state index contributed by atoms with van der Waals surface area (Å²) in [5.74, 6) is 0.638. The van der Waals surface area contributed by atoms with Crippen LogP contribution < -0.4 is 0 Å². The molecule has 1 aromatic heterocycles. The van der Waals surface area contributed by atoms with E-state index in [4.69, 9.17) is 6.57 Å². The van der Waals surface area contributed by atoms with Crippen molar-refractivity contribution in [2.24, 2.45) is 0 Å². The Bertz CT molecular complexity index is 858. The second-order valence-electron chi connectivity index (χ2n) is 4.61. The third kappa shape index (κ3) is 2.55. The summed E-state index contributed by atoms with van der Waals surface area (Å²) < 4.78 is 0. The maximum Gasteiger partial charge on any atom is 0.269 e. The lowest BCUT2D eigenvalue weighted by Gasteiger charge is -1.98. The van der Waals surface area contributed by atoms with Crippen LogP contribution in [-0.2, 0) is 0 Å². The molecule has 2 aromatic carbocycles. The van der Waals surface area contributed by atoms with E-state index in [2.05, 4.69) is 14.8 Å². The summed E-state index contributed by atoms with van der Waals surface area (Å²) in [4.78, 5) is 21.0. The molecule has 0 aliphatic carbocycles. The van der Waals surface area contributed by atoms with Crippen molar-refractivity contribution in [1.82, 2.24) is 9.97 Å². The molecule has 0 saturated carbocycles. The van der Waals surface area contributed by atoms with Crippen molar-refractivity contribution in [2.75, 3.05) is 0 Å². The molecule has 106 valence electrons. The van der Waals surface area contributed by atoms with Gasteiger partial charge in [-0.25, -0.2) is 9.83 Å². The molecular weight excluding hydrogens is 280 g/mol. The van der Waals surface area contributed by atoms with Gasteiger partial charge in [-0.2, -0.15) is 0 Å². The molecule has 0 spiro atoms. The minimum atomic E-state index is -0.434. The van der Waals surface area contributed by atoms with Gasteiger partial charge in [-0.1, -0.05) is 24.3 Å². The fourth-order valence-electron chi connectivity index (χ4n) is 2.07. The van der Waals surface area contributed by atoms with E-state index in [9.17, 15) is 10.1 Å². The zero-order valence-corrected chi connectivity index (χ0v) is 11.4. The fraction of sp³-hybridized carbons (Fsp3) is 0. The number of H-pyrrole nitrogens is 1. The summed E-state index contributed by atoms with van der Waals surface area (Å²) in [5.41, 5.74) is 3.15. The van der Waals surface area contributed by atoms with Gasteiger partial charge in [-0.05, 0) is 17.7 Å². The van der Waals surface area contributed by atoms with E-state index in [-0.39, 0.29) is 5.69 Å². The monoisotopic (exact) mass is 290 g/mol. The van der Waals surface area contributed by atoms with Gasteiger partial charge in [0.2, 0.25) is 0 Å². The van der Waals surface area contributed by atoms with Crippen LogP contribution in [0.25, 0.3) is 27.5 Å². The summed E-state index contributed by atoms with van der Waals surface area (Å²) in [7, 11) is 0. The van der Waals surface area contributed by atoms with Gasteiger partial charge in [0.05, 0.1) is 23.4 Å². The maximum absolute atomic E-state index is 10.7. The molecule has 3 aromatic rings. The zero-order valence-electron chi connectivity index (χ0n) is 11.4. The van der Waals surface area contributed by atoms with Crippen LogP contribution >= 0.6 is 0 Å². The highest BCUT2D eigenvalue weighted by atomic mass is 16.6. The van der Waals surface area contributed by atoms with Gasteiger partial charge in [0.15, 0.2) is 5.69 Å². The Labute approximate surface area is 126 Å². The van der Waals surface area contributed by atoms with Gasteiger partial charge in [0.25, 0.3) is 5.69 Å². The number of imidazole rings is 1. The Kier molecular flexibility index (Phi) is 3.38. The average Bonchev–Trinajstić information content (AvgIpc) is 3.05. The molecule has 0 unspecified atom stereocenters. The largest absolute Gasteiger partial charge is 0.338 e. The van der Waals surface area contributed by atoms with Gasteiger partial charge in [-0.3, -0.25) is 10.1 Å². The predicted octanol–water partition coefficient (Wildman–Crippen LogP) is 4.20. The van der Waals surface area contributed by atoms with Crippen LogP contribution in [0.5, 0.6) is 0 Å². The van der Waals surface area contributed by atoms with E-state index in [1.807, 2.05) is 12.1 Å². The topological polar surface area (TPSA) is 76.2 Å². The van der Waals surface area contributed by atoms with Crippen LogP contribution in [-0.4, -0.2) is 14.9 Å². The first-order valence-electron chi connectivity index (χ1n) is 6.45. The number of benzene rings is 2. The van der Waals surface area contributed by atoms with Crippen molar-refractivity contribution >= 4 is 11.4 Å². The number of aromatic nitrogens is 2. The first-order chi connectivity index (χ1) is 10.7. The molecule has 0 fully saturated rings. The number of non-ortho nitro benzene ring substituents is 1. The molecule has 1 heterocycles. The number of nitrogens with one attached hydrogen (secondary N) is 1. The van der Waals surface area contributed by atoms with Gasteiger partial charge in [0, 0.05) is 17.7 Å². The average molecular weight is 290 g/mol. The van der Waals surface area contributed by atoms with E-state index in [1.54, 1.807) is 30.5 Å². The number of rotatable bonds is 3. The number of nitrogens with zero attached hydrogens (tertiary/aromatic N) is 3. The number of hydrogen-bond donors (Lipinski definition) is 1. The van der Waals surface area contributed by atoms with Crippen molar-refractivity contribution in [3.05, 3.63) is 76.3 Å². The van der Waals surface area contributed by atoms with Crippen molar-refractivity contribution < 1.29 is 4.92 Å². The molecule has 3 rings (SSSR count).